The van der Waals surface area contributed by atoms with Crippen LogP contribution in [0.2, 0.25) is 0 Å². The lowest BCUT2D eigenvalue weighted by molar-refractivity contribution is -0.116. The summed E-state index contributed by atoms with van der Waals surface area (Å²) in [5.41, 5.74) is 0.609. The van der Waals surface area contributed by atoms with Gasteiger partial charge in [-0.25, -0.2) is 9.48 Å². The molecule has 2 N–H and O–H groups in total. The summed E-state index contributed by atoms with van der Waals surface area (Å²) in [7, 11) is 2.79. The Kier molecular flexibility index (Phi) is 4.91. The molecule has 0 saturated heterocycles. The quantitative estimate of drug-likeness (QED) is 0.856. The van der Waals surface area contributed by atoms with Crippen molar-refractivity contribution in [3.05, 3.63) is 30.5 Å². The molecule has 116 valence electrons. The first-order valence-electron chi connectivity index (χ1n) is 6.29. The summed E-state index contributed by atoms with van der Waals surface area (Å²) in [6.07, 6.45) is 0.759. The minimum atomic E-state index is -0.659. The fraction of sp³-hybridized carbons (Fsp3) is 0.231. The Bertz CT molecular complexity index is 670. The van der Waals surface area contributed by atoms with E-state index in [-0.39, 0.29) is 18.3 Å². The zero-order valence-corrected chi connectivity index (χ0v) is 12.1. The van der Waals surface area contributed by atoms with Crippen molar-refractivity contribution in [3.8, 4) is 5.75 Å². The maximum atomic E-state index is 11.9. The fourth-order valence-electron chi connectivity index (χ4n) is 1.64. The number of nitrogens with one attached hydrogen (secondary N) is 2. The summed E-state index contributed by atoms with van der Waals surface area (Å²) in [5.74, 6) is 0.548. The van der Waals surface area contributed by atoms with E-state index in [1.165, 1.54) is 18.0 Å². The van der Waals surface area contributed by atoms with Crippen LogP contribution in [0.3, 0.4) is 0 Å². The highest BCUT2D eigenvalue weighted by atomic mass is 16.5. The molecule has 0 aliphatic carbocycles. The first-order chi connectivity index (χ1) is 10.6. The Morgan fingerprint density at radius 1 is 1.27 bits per heavy atom. The van der Waals surface area contributed by atoms with Crippen LogP contribution in [0.15, 0.2) is 30.5 Å². The molecule has 2 amide bonds. The molecule has 9 heteroatoms. The van der Waals surface area contributed by atoms with Gasteiger partial charge in [0.05, 0.1) is 20.4 Å². The summed E-state index contributed by atoms with van der Waals surface area (Å²) in [5, 5.41) is 12.5. The van der Waals surface area contributed by atoms with Gasteiger partial charge in [-0.3, -0.25) is 10.1 Å². The molecule has 9 nitrogen and oxygen atoms in total. The minimum Gasteiger partial charge on any atom is -0.497 e. The summed E-state index contributed by atoms with van der Waals surface area (Å²) in [4.78, 5) is 22.9. The normalized spacial score (nSPS) is 9.91. The van der Waals surface area contributed by atoms with E-state index >= 15 is 0 Å². The van der Waals surface area contributed by atoms with Gasteiger partial charge < -0.3 is 14.8 Å². The number of carbonyl (C=O) groups is 2. The second-order valence-electron chi connectivity index (χ2n) is 4.20. The molecule has 0 atom stereocenters. The predicted molar refractivity (Wildman–Crippen MR) is 77.7 cm³/mol. The highest BCUT2D eigenvalue weighted by Gasteiger charge is 2.09. The predicted octanol–water partition coefficient (Wildman–Crippen LogP) is 1.10. The van der Waals surface area contributed by atoms with E-state index in [4.69, 9.17) is 4.74 Å². The number of benzene rings is 1. The van der Waals surface area contributed by atoms with Crippen LogP contribution in [0.25, 0.3) is 0 Å². The molecule has 0 saturated carbocycles. The number of nitrogens with zero attached hydrogens (tertiary/aromatic N) is 3. The maximum absolute atomic E-state index is 11.9. The standard InChI is InChI=1S/C13H15N5O4/c1-21-10-5-3-4-9(6-10)14-12(19)8-18-7-11(16-17-18)15-13(20)22-2/h3-7H,8H2,1-2H3,(H,14,19)(H,15,20). The highest BCUT2D eigenvalue weighted by Crippen LogP contribution is 2.16. The van der Waals surface area contributed by atoms with Gasteiger partial charge in [0.2, 0.25) is 5.91 Å². The van der Waals surface area contributed by atoms with Gasteiger partial charge in [0.15, 0.2) is 5.82 Å². The SMILES string of the molecule is COC(=O)Nc1cn(CC(=O)Nc2cccc(OC)c2)nn1. The lowest BCUT2D eigenvalue weighted by atomic mass is 10.3. The van der Waals surface area contributed by atoms with Crippen molar-refractivity contribution in [2.24, 2.45) is 0 Å². The Hall–Kier alpha value is -3.10. The van der Waals surface area contributed by atoms with Crippen LogP contribution in [0.5, 0.6) is 5.75 Å². The average Bonchev–Trinajstić information content (AvgIpc) is 2.94. The van der Waals surface area contributed by atoms with Crippen LogP contribution in [-0.4, -0.2) is 41.2 Å². The molecular weight excluding hydrogens is 290 g/mol. The molecule has 0 spiro atoms. The van der Waals surface area contributed by atoms with Crippen molar-refractivity contribution in [1.29, 1.82) is 0 Å². The van der Waals surface area contributed by atoms with Crippen molar-refractivity contribution < 1.29 is 19.1 Å². The van der Waals surface area contributed by atoms with Crippen LogP contribution < -0.4 is 15.4 Å². The molecule has 0 unspecified atom stereocenters. The Labute approximate surface area is 126 Å². The van der Waals surface area contributed by atoms with Crippen molar-refractivity contribution in [1.82, 2.24) is 15.0 Å². The average molecular weight is 305 g/mol. The van der Waals surface area contributed by atoms with Gasteiger partial charge in [-0.2, -0.15) is 0 Å². The summed E-state index contributed by atoms with van der Waals surface area (Å²) in [6.45, 7) is -0.0485. The molecule has 0 fully saturated rings. The number of carbonyl (C=O) groups excluding carboxylic acids is 2. The number of methoxy groups -OCH3 is 2. The third-order valence-electron chi connectivity index (χ3n) is 2.61. The van der Waals surface area contributed by atoms with Crippen LogP contribution in [-0.2, 0) is 16.1 Å². The molecule has 1 aromatic heterocycles. The van der Waals surface area contributed by atoms with Gasteiger partial charge in [-0.15, -0.1) is 5.10 Å². The number of aromatic nitrogens is 3. The number of hydrogen-bond acceptors (Lipinski definition) is 6. The fourth-order valence-corrected chi connectivity index (χ4v) is 1.64. The Morgan fingerprint density at radius 2 is 2.09 bits per heavy atom. The number of anilines is 2. The molecule has 1 aromatic carbocycles. The number of ether oxygens (including phenoxy) is 2. The zero-order chi connectivity index (χ0) is 15.9. The lowest BCUT2D eigenvalue weighted by Crippen LogP contribution is -2.19. The third kappa shape index (κ3) is 4.20. The van der Waals surface area contributed by atoms with E-state index < -0.39 is 6.09 Å². The molecule has 0 aliphatic heterocycles. The van der Waals surface area contributed by atoms with Gasteiger partial charge >= 0.3 is 6.09 Å². The summed E-state index contributed by atoms with van der Waals surface area (Å²) in [6, 6.07) is 6.98. The van der Waals surface area contributed by atoms with Gasteiger partial charge in [-0.1, -0.05) is 11.3 Å². The van der Waals surface area contributed by atoms with Crippen molar-refractivity contribution in [2.45, 2.75) is 6.54 Å². The van der Waals surface area contributed by atoms with Gasteiger partial charge in [-0.05, 0) is 12.1 Å². The largest absolute Gasteiger partial charge is 0.497 e. The van der Waals surface area contributed by atoms with Gasteiger partial charge in [0.25, 0.3) is 0 Å². The third-order valence-corrected chi connectivity index (χ3v) is 2.61. The molecule has 0 radical (unpaired) electrons. The van der Waals surface area contributed by atoms with Gasteiger partial charge in [0, 0.05) is 11.8 Å². The summed E-state index contributed by atoms with van der Waals surface area (Å²) < 4.78 is 10.8. The van der Waals surface area contributed by atoms with Crippen LogP contribution in [0.1, 0.15) is 0 Å². The smallest absolute Gasteiger partial charge is 0.412 e. The van der Waals surface area contributed by atoms with E-state index in [0.29, 0.717) is 11.4 Å². The molecule has 0 bridgehead atoms. The molecule has 22 heavy (non-hydrogen) atoms. The first kappa shape index (κ1) is 15.3. The van der Waals surface area contributed by atoms with Crippen LogP contribution in [0, 0.1) is 0 Å². The molecule has 0 aliphatic rings. The molecule has 2 aromatic rings. The minimum absolute atomic E-state index is 0.0485. The van der Waals surface area contributed by atoms with E-state index in [1.54, 1.807) is 31.4 Å². The van der Waals surface area contributed by atoms with Gasteiger partial charge in [0.1, 0.15) is 12.3 Å². The Morgan fingerprint density at radius 3 is 2.82 bits per heavy atom. The van der Waals surface area contributed by atoms with Crippen molar-refractivity contribution in [3.63, 3.8) is 0 Å². The molecule has 2 rings (SSSR count). The van der Waals surface area contributed by atoms with Crippen molar-refractivity contribution >= 4 is 23.5 Å². The van der Waals surface area contributed by atoms with E-state index in [2.05, 4.69) is 25.7 Å². The molecular formula is C13H15N5O4. The maximum Gasteiger partial charge on any atom is 0.412 e. The lowest BCUT2D eigenvalue weighted by Gasteiger charge is -2.06. The number of amides is 2. The monoisotopic (exact) mass is 305 g/mol. The van der Waals surface area contributed by atoms with Crippen LogP contribution >= 0.6 is 0 Å². The number of hydrogen-bond donors (Lipinski definition) is 2. The van der Waals surface area contributed by atoms with E-state index in [1.807, 2.05) is 0 Å². The zero-order valence-electron chi connectivity index (χ0n) is 12.1. The second-order valence-corrected chi connectivity index (χ2v) is 4.20. The number of rotatable bonds is 5. The van der Waals surface area contributed by atoms with Crippen molar-refractivity contribution in [2.75, 3.05) is 24.9 Å². The summed E-state index contributed by atoms with van der Waals surface area (Å²) >= 11 is 0. The Balaban J connectivity index is 1.93. The van der Waals surface area contributed by atoms with Crippen LogP contribution in [0.4, 0.5) is 16.3 Å². The first-order valence-corrected chi connectivity index (χ1v) is 6.29. The second kappa shape index (κ2) is 7.07. The topological polar surface area (TPSA) is 107 Å². The van der Waals surface area contributed by atoms with E-state index in [0.717, 1.165) is 0 Å². The van der Waals surface area contributed by atoms with E-state index in [9.17, 15) is 9.59 Å². The highest BCUT2D eigenvalue weighted by molar-refractivity contribution is 5.90. The molecule has 1 heterocycles.